The van der Waals surface area contributed by atoms with E-state index in [1.165, 1.54) is 0 Å². The lowest BCUT2D eigenvalue weighted by Crippen LogP contribution is -2.51. The number of hydrogen-bond acceptors (Lipinski definition) is 4. The highest BCUT2D eigenvalue weighted by Crippen LogP contribution is 2.24. The summed E-state index contributed by atoms with van der Waals surface area (Å²) in [6.45, 7) is 0.795. The fraction of sp³-hybridized carbons (Fsp3) is 0.286. The Morgan fingerprint density at radius 1 is 1.42 bits per heavy atom. The van der Waals surface area contributed by atoms with Crippen LogP contribution in [0.15, 0.2) is 36.7 Å². The molecule has 0 radical (unpaired) electrons. The van der Waals surface area contributed by atoms with Crippen LogP contribution >= 0.6 is 0 Å². The molecule has 98 valence electrons. The van der Waals surface area contributed by atoms with Crippen LogP contribution in [0.25, 0.3) is 10.8 Å². The zero-order valence-electron chi connectivity index (χ0n) is 10.4. The lowest BCUT2D eigenvalue weighted by atomic mass is 9.99. The SMILES string of the molecule is NC1(C(=O)Nc2cccc3ccncc23)CCOC1. The Labute approximate surface area is 110 Å². The van der Waals surface area contributed by atoms with Gasteiger partial charge in [-0.15, -0.1) is 0 Å². The van der Waals surface area contributed by atoms with Crippen molar-refractivity contribution in [2.24, 2.45) is 5.73 Å². The average molecular weight is 257 g/mol. The van der Waals surface area contributed by atoms with E-state index in [9.17, 15) is 4.79 Å². The largest absolute Gasteiger partial charge is 0.379 e. The van der Waals surface area contributed by atoms with Crippen LogP contribution in [0.5, 0.6) is 0 Å². The summed E-state index contributed by atoms with van der Waals surface area (Å²) in [6, 6.07) is 7.62. The van der Waals surface area contributed by atoms with Crippen molar-refractivity contribution in [1.82, 2.24) is 4.98 Å². The highest BCUT2D eigenvalue weighted by molar-refractivity contribution is 6.05. The van der Waals surface area contributed by atoms with Crippen LogP contribution in [0.2, 0.25) is 0 Å². The van der Waals surface area contributed by atoms with Crippen LogP contribution in [0.3, 0.4) is 0 Å². The number of nitrogens with zero attached hydrogens (tertiary/aromatic N) is 1. The van der Waals surface area contributed by atoms with Gasteiger partial charge in [0.2, 0.25) is 5.91 Å². The van der Waals surface area contributed by atoms with E-state index in [0.29, 0.717) is 13.0 Å². The normalized spacial score (nSPS) is 22.6. The van der Waals surface area contributed by atoms with Gasteiger partial charge in [0.15, 0.2) is 0 Å². The maximum absolute atomic E-state index is 12.2. The smallest absolute Gasteiger partial charge is 0.246 e. The first-order chi connectivity index (χ1) is 9.19. The van der Waals surface area contributed by atoms with E-state index in [4.69, 9.17) is 10.5 Å². The minimum atomic E-state index is -0.926. The van der Waals surface area contributed by atoms with Crippen molar-refractivity contribution in [1.29, 1.82) is 0 Å². The zero-order valence-corrected chi connectivity index (χ0v) is 10.4. The number of fused-ring (bicyclic) bond motifs is 1. The number of benzene rings is 1. The van der Waals surface area contributed by atoms with Gasteiger partial charge in [0.25, 0.3) is 0 Å². The molecule has 1 amide bonds. The van der Waals surface area contributed by atoms with Gasteiger partial charge in [-0.25, -0.2) is 0 Å². The number of nitrogens with two attached hydrogens (primary N) is 1. The van der Waals surface area contributed by atoms with Crippen molar-refractivity contribution in [2.45, 2.75) is 12.0 Å². The number of carbonyl (C=O) groups is 1. The molecule has 1 fully saturated rings. The van der Waals surface area contributed by atoms with Crippen LogP contribution in [-0.2, 0) is 9.53 Å². The Hall–Kier alpha value is -1.98. The third kappa shape index (κ3) is 2.18. The van der Waals surface area contributed by atoms with Gasteiger partial charge in [-0.05, 0) is 23.9 Å². The minimum absolute atomic E-state index is 0.207. The van der Waals surface area contributed by atoms with Gasteiger partial charge in [-0.3, -0.25) is 9.78 Å². The van der Waals surface area contributed by atoms with Crippen LogP contribution in [0, 0.1) is 0 Å². The second-order valence-electron chi connectivity index (χ2n) is 4.82. The van der Waals surface area contributed by atoms with E-state index in [2.05, 4.69) is 10.3 Å². The van der Waals surface area contributed by atoms with Crippen LogP contribution in [0.1, 0.15) is 6.42 Å². The summed E-state index contributed by atoms with van der Waals surface area (Å²) in [5.41, 5.74) is 5.84. The van der Waals surface area contributed by atoms with Crippen molar-refractivity contribution < 1.29 is 9.53 Å². The first-order valence-corrected chi connectivity index (χ1v) is 6.20. The van der Waals surface area contributed by atoms with Gasteiger partial charge >= 0.3 is 0 Å². The third-order valence-corrected chi connectivity index (χ3v) is 3.44. The number of ether oxygens (including phenoxy) is 1. The van der Waals surface area contributed by atoms with Crippen LogP contribution in [-0.4, -0.2) is 29.6 Å². The molecule has 0 aliphatic carbocycles. The summed E-state index contributed by atoms with van der Waals surface area (Å²) in [6.07, 6.45) is 4.00. The van der Waals surface area contributed by atoms with E-state index in [-0.39, 0.29) is 12.5 Å². The maximum atomic E-state index is 12.2. The maximum Gasteiger partial charge on any atom is 0.246 e. The zero-order chi connectivity index (χ0) is 13.3. The molecule has 1 saturated heterocycles. The fourth-order valence-electron chi connectivity index (χ4n) is 2.23. The van der Waals surface area contributed by atoms with Gasteiger partial charge in [0.1, 0.15) is 5.54 Å². The van der Waals surface area contributed by atoms with Crippen molar-refractivity contribution in [3.8, 4) is 0 Å². The van der Waals surface area contributed by atoms with E-state index in [0.717, 1.165) is 16.5 Å². The molecule has 19 heavy (non-hydrogen) atoms. The molecule has 5 heteroatoms. The lowest BCUT2D eigenvalue weighted by Gasteiger charge is -2.21. The second kappa shape index (κ2) is 4.60. The summed E-state index contributed by atoms with van der Waals surface area (Å²) < 4.78 is 5.21. The van der Waals surface area contributed by atoms with E-state index >= 15 is 0 Å². The van der Waals surface area contributed by atoms with Crippen molar-refractivity contribution in [3.63, 3.8) is 0 Å². The molecule has 1 aliphatic heterocycles. The molecule has 2 aromatic rings. The topological polar surface area (TPSA) is 77.2 Å². The summed E-state index contributed by atoms with van der Waals surface area (Å²) in [5, 5.41) is 4.82. The molecule has 3 rings (SSSR count). The minimum Gasteiger partial charge on any atom is -0.379 e. The van der Waals surface area contributed by atoms with Gasteiger partial charge < -0.3 is 15.8 Å². The van der Waals surface area contributed by atoms with Crippen molar-refractivity contribution >= 4 is 22.4 Å². The number of rotatable bonds is 2. The molecule has 1 unspecified atom stereocenters. The van der Waals surface area contributed by atoms with Gasteiger partial charge in [0, 0.05) is 24.4 Å². The number of hydrogen-bond donors (Lipinski definition) is 2. The van der Waals surface area contributed by atoms with E-state index in [1.54, 1.807) is 12.4 Å². The molecule has 0 spiro atoms. The molecule has 1 atom stereocenters. The van der Waals surface area contributed by atoms with Gasteiger partial charge in [0.05, 0.1) is 12.3 Å². The molecular weight excluding hydrogens is 242 g/mol. The molecule has 0 bridgehead atoms. The van der Waals surface area contributed by atoms with Crippen LogP contribution < -0.4 is 11.1 Å². The lowest BCUT2D eigenvalue weighted by molar-refractivity contribution is -0.121. The summed E-state index contributed by atoms with van der Waals surface area (Å²) in [5.74, 6) is -0.207. The van der Waals surface area contributed by atoms with Crippen molar-refractivity contribution in [2.75, 3.05) is 18.5 Å². The van der Waals surface area contributed by atoms with Gasteiger partial charge in [-0.1, -0.05) is 12.1 Å². The van der Waals surface area contributed by atoms with Crippen LogP contribution in [0.4, 0.5) is 5.69 Å². The quantitative estimate of drug-likeness (QED) is 0.850. The summed E-state index contributed by atoms with van der Waals surface area (Å²) in [4.78, 5) is 16.3. The third-order valence-electron chi connectivity index (χ3n) is 3.44. The number of pyridine rings is 1. The first-order valence-electron chi connectivity index (χ1n) is 6.20. The molecule has 1 aliphatic rings. The molecule has 1 aromatic carbocycles. The predicted molar refractivity (Wildman–Crippen MR) is 72.7 cm³/mol. The Morgan fingerprint density at radius 3 is 3.11 bits per heavy atom. The highest BCUT2D eigenvalue weighted by atomic mass is 16.5. The number of amides is 1. The van der Waals surface area contributed by atoms with Crippen molar-refractivity contribution in [3.05, 3.63) is 36.7 Å². The Kier molecular flexibility index (Phi) is 2.93. The number of anilines is 1. The molecular formula is C14H15N3O2. The highest BCUT2D eigenvalue weighted by Gasteiger charge is 2.38. The standard InChI is InChI=1S/C14H15N3O2/c15-14(5-7-19-9-14)13(18)17-12-3-1-2-10-4-6-16-8-11(10)12/h1-4,6,8H,5,7,9,15H2,(H,17,18). The number of carbonyl (C=O) groups excluding carboxylic acids is 1. The predicted octanol–water partition coefficient (Wildman–Crippen LogP) is 1.29. The monoisotopic (exact) mass is 257 g/mol. The Balaban J connectivity index is 1.91. The fourth-order valence-corrected chi connectivity index (χ4v) is 2.23. The van der Waals surface area contributed by atoms with E-state index in [1.807, 2.05) is 24.3 Å². The second-order valence-corrected chi connectivity index (χ2v) is 4.82. The Morgan fingerprint density at radius 2 is 2.32 bits per heavy atom. The number of aromatic nitrogens is 1. The average Bonchev–Trinajstić information content (AvgIpc) is 2.87. The molecule has 5 nitrogen and oxygen atoms in total. The molecule has 3 N–H and O–H groups in total. The molecule has 1 aromatic heterocycles. The number of nitrogens with one attached hydrogen (secondary N) is 1. The summed E-state index contributed by atoms with van der Waals surface area (Å²) in [7, 11) is 0. The Bertz CT molecular complexity index is 616. The summed E-state index contributed by atoms with van der Waals surface area (Å²) >= 11 is 0. The van der Waals surface area contributed by atoms with Gasteiger partial charge in [-0.2, -0.15) is 0 Å². The molecule has 2 heterocycles. The first kappa shape index (κ1) is 12.1. The molecule has 0 saturated carbocycles. The van der Waals surface area contributed by atoms with E-state index < -0.39 is 5.54 Å².